The molecule has 0 saturated heterocycles. The summed E-state index contributed by atoms with van der Waals surface area (Å²) >= 11 is 3.27. The van der Waals surface area contributed by atoms with Crippen molar-refractivity contribution in [3.63, 3.8) is 0 Å². The van der Waals surface area contributed by atoms with Gasteiger partial charge in [-0.25, -0.2) is 0 Å². The Balaban J connectivity index is 1.74. The van der Waals surface area contributed by atoms with E-state index >= 15 is 0 Å². The second-order valence-electron chi connectivity index (χ2n) is 7.36. The minimum Gasteiger partial charge on any atom is -0.288 e. The van der Waals surface area contributed by atoms with Crippen LogP contribution in [0.5, 0.6) is 0 Å². The molecule has 0 radical (unpaired) electrons. The number of Topliss-reactive ketones (excluding diaryl/α,β-unsaturated/α-hetero) is 1. The summed E-state index contributed by atoms with van der Waals surface area (Å²) in [6, 6.07) is 39.6. The van der Waals surface area contributed by atoms with Crippen molar-refractivity contribution in [2.45, 2.75) is 0 Å². The summed E-state index contributed by atoms with van der Waals surface area (Å²) in [5.41, 5.74) is 0. The van der Waals surface area contributed by atoms with Crippen LogP contribution in [-0.2, 0) is 0 Å². The van der Waals surface area contributed by atoms with Crippen molar-refractivity contribution in [2.75, 3.05) is 0 Å². The zero-order chi connectivity index (χ0) is 21.8. The highest BCUT2D eigenvalue weighted by Crippen LogP contribution is 2.44. The Kier molecular flexibility index (Phi) is 6.05. The van der Waals surface area contributed by atoms with Crippen LogP contribution in [0.3, 0.4) is 0 Å². The van der Waals surface area contributed by atoms with E-state index in [1.54, 1.807) is 22.7 Å². The van der Waals surface area contributed by atoms with E-state index in [0.717, 1.165) is 9.75 Å². The zero-order valence-corrected chi connectivity index (χ0v) is 19.8. The predicted molar refractivity (Wildman–Crippen MR) is 143 cm³/mol. The summed E-state index contributed by atoms with van der Waals surface area (Å²) in [5.74, 6) is 2.10. The van der Waals surface area contributed by atoms with Crippen molar-refractivity contribution < 1.29 is 4.79 Å². The van der Waals surface area contributed by atoms with E-state index in [1.165, 1.54) is 20.8 Å². The fraction of sp³-hybridized carbons (Fsp3) is 0. The molecule has 0 spiro atoms. The number of hydrogen-bond donors (Lipinski definition) is 0. The van der Waals surface area contributed by atoms with Gasteiger partial charge in [0.2, 0.25) is 0 Å². The van der Waals surface area contributed by atoms with E-state index in [4.69, 9.17) is 0 Å². The van der Waals surface area contributed by atoms with Crippen LogP contribution in [0.4, 0.5) is 0 Å². The highest BCUT2D eigenvalue weighted by molar-refractivity contribution is 7.95. The first-order chi connectivity index (χ1) is 15.8. The van der Waals surface area contributed by atoms with Crippen molar-refractivity contribution >= 4 is 57.1 Å². The van der Waals surface area contributed by atoms with Crippen molar-refractivity contribution in [1.29, 1.82) is 0 Å². The average Bonchev–Trinajstić information content (AvgIpc) is 3.57. The van der Waals surface area contributed by atoms with Gasteiger partial charge in [0.15, 0.2) is 5.78 Å². The molecular weight excluding hydrogens is 447 g/mol. The van der Waals surface area contributed by atoms with E-state index in [2.05, 4.69) is 90.3 Å². The van der Waals surface area contributed by atoms with Gasteiger partial charge >= 0.3 is 0 Å². The first kappa shape index (κ1) is 20.9. The maximum Gasteiger partial charge on any atom is 0.196 e. The van der Waals surface area contributed by atoms with E-state index in [0.29, 0.717) is 0 Å². The molecule has 0 atom stereocenters. The normalized spacial score (nSPS) is 11.2. The van der Waals surface area contributed by atoms with E-state index in [1.807, 2.05) is 36.1 Å². The molecule has 5 aromatic rings. The number of thiophene rings is 2. The Morgan fingerprint density at radius 1 is 0.594 bits per heavy atom. The van der Waals surface area contributed by atoms with E-state index < -0.39 is 6.89 Å². The maximum absolute atomic E-state index is 13.7. The molecule has 4 heteroatoms. The third-order valence-electron chi connectivity index (χ3n) is 5.41. The molecule has 0 amide bonds. The summed E-state index contributed by atoms with van der Waals surface area (Å²) in [5, 5.41) is 5.61. The van der Waals surface area contributed by atoms with Gasteiger partial charge in [0.25, 0.3) is 0 Å². The molecule has 0 unspecified atom stereocenters. The number of rotatable bonds is 6. The van der Waals surface area contributed by atoms with E-state index in [-0.39, 0.29) is 5.78 Å². The van der Waals surface area contributed by atoms with Crippen molar-refractivity contribution in [3.05, 3.63) is 126 Å². The lowest BCUT2D eigenvalue weighted by molar-refractivity contribution is 0.107. The van der Waals surface area contributed by atoms with Gasteiger partial charge < -0.3 is 0 Å². The molecule has 5 rings (SSSR count). The fourth-order valence-electron chi connectivity index (χ4n) is 3.92. The number of hydrogen-bond acceptors (Lipinski definition) is 3. The highest BCUT2D eigenvalue weighted by atomic mass is 32.1. The standard InChI is InChI=1S/C28H21OPS2/c29-25(26-18-19-28(32-26)27-17-10-20-31-27)21-30(22-11-4-1-5-12-22,23-13-6-2-7-14-23)24-15-8-3-9-16-24/h1-21H. The molecule has 3 aromatic carbocycles. The summed E-state index contributed by atoms with van der Waals surface area (Å²) in [6.45, 7) is -2.29. The van der Waals surface area contributed by atoms with E-state index in [9.17, 15) is 4.79 Å². The molecule has 0 N–H and O–H groups in total. The molecule has 1 nitrogen and oxygen atoms in total. The number of benzene rings is 3. The molecule has 2 aromatic heterocycles. The molecule has 32 heavy (non-hydrogen) atoms. The van der Waals surface area contributed by atoms with Crippen LogP contribution < -0.4 is 15.9 Å². The van der Waals surface area contributed by atoms with Crippen LogP contribution in [0.1, 0.15) is 9.67 Å². The highest BCUT2D eigenvalue weighted by Gasteiger charge is 2.27. The number of ketones is 1. The third kappa shape index (κ3) is 3.96. The molecule has 0 fully saturated rings. The lowest BCUT2D eigenvalue weighted by Gasteiger charge is -2.28. The molecule has 156 valence electrons. The SMILES string of the molecule is O=C(C=P(c1ccccc1)(c1ccccc1)c1ccccc1)c1ccc(-c2cccs2)s1. The fourth-order valence-corrected chi connectivity index (χ4v) is 9.52. The van der Waals surface area contributed by atoms with Crippen molar-refractivity contribution in [2.24, 2.45) is 0 Å². The Morgan fingerprint density at radius 2 is 1.12 bits per heavy atom. The topological polar surface area (TPSA) is 17.1 Å². The summed E-state index contributed by atoms with van der Waals surface area (Å²) in [6.07, 6.45) is 0. The predicted octanol–water partition coefficient (Wildman–Crippen LogP) is 6.46. The first-order valence-corrected chi connectivity index (χ1v) is 13.9. The van der Waals surface area contributed by atoms with Gasteiger partial charge in [-0.2, -0.15) is 0 Å². The molecule has 2 heterocycles. The van der Waals surface area contributed by atoms with Crippen LogP contribution >= 0.6 is 29.6 Å². The largest absolute Gasteiger partial charge is 0.288 e. The minimum absolute atomic E-state index is 0.0858. The Labute approximate surface area is 196 Å². The van der Waals surface area contributed by atoms with Crippen LogP contribution in [0.15, 0.2) is 121 Å². The monoisotopic (exact) mass is 468 g/mol. The van der Waals surface area contributed by atoms with Gasteiger partial charge in [0.05, 0.1) is 4.88 Å². The van der Waals surface area contributed by atoms with Gasteiger partial charge in [0, 0.05) is 9.75 Å². The van der Waals surface area contributed by atoms with Crippen LogP contribution in [0, 0.1) is 0 Å². The number of carbonyl (C=O) groups excluding carboxylic acids is 1. The quantitative estimate of drug-likeness (QED) is 0.207. The molecule has 0 aliphatic rings. The van der Waals surface area contributed by atoms with Gasteiger partial charge in [-0.1, -0.05) is 97.1 Å². The Bertz CT molecular complexity index is 1270. The molecule has 0 bridgehead atoms. The Hall–Kier alpha value is -2.97. The molecule has 0 aliphatic carbocycles. The lowest BCUT2D eigenvalue weighted by atomic mass is 10.3. The van der Waals surface area contributed by atoms with Gasteiger partial charge in [-0.3, -0.25) is 4.79 Å². The molecule has 0 saturated carbocycles. The zero-order valence-electron chi connectivity index (χ0n) is 17.3. The summed E-state index contributed by atoms with van der Waals surface area (Å²) in [7, 11) is 0. The maximum atomic E-state index is 13.7. The van der Waals surface area contributed by atoms with Crippen molar-refractivity contribution in [1.82, 2.24) is 0 Å². The molecule has 0 aliphatic heterocycles. The number of carbonyl (C=O) groups is 1. The van der Waals surface area contributed by atoms with Crippen molar-refractivity contribution in [3.8, 4) is 9.75 Å². The van der Waals surface area contributed by atoms with Crippen LogP contribution in [0.2, 0.25) is 0 Å². The van der Waals surface area contributed by atoms with Gasteiger partial charge in [-0.15, -0.1) is 22.7 Å². The summed E-state index contributed by atoms with van der Waals surface area (Å²) < 4.78 is 0. The minimum atomic E-state index is -2.29. The second-order valence-corrected chi connectivity index (χ2v) is 12.6. The summed E-state index contributed by atoms with van der Waals surface area (Å²) in [4.78, 5) is 16.9. The third-order valence-corrected chi connectivity index (χ3v) is 11.5. The van der Waals surface area contributed by atoms with Gasteiger partial charge in [0.1, 0.15) is 0 Å². The smallest absolute Gasteiger partial charge is 0.196 e. The van der Waals surface area contributed by atoms with Crippen LogP contribution in [0.25, 0.3) is 9.75 Å². The Morgan fingerprint density at radius 3 is 1.59 bits per heavy atom. The first-order valence-electron chi connectivity index (χ1n) is 10.4. The molecular formula is C28H21OPS2. The average molecular weight is 469 g/mol. The van der Waals surface area contributed by atoms with Crippen LogP contribution in [-0.4, -0.2) is 11.6 Å². The van der Waals surface area contributed by atoms with Gasteiger partial charge in [-0.05, 0) is 52.2 Å². The second kappa shape index (κ2) is 9.26. The lowest BCUT2D eigenvalue weighted by Crippen LogP contribution is -2.28.